The minimum atomic E-state index is 0.607. The van der Waals surface area contributed by atoms with Gasteiger partial charge in [-0.2, -0.15) is 0 Å². The van der Waals surface area contributed by atoms with Crippen molar-refractivity contribution in [3.63, 3.8) is 0 Å². The maximum atomic E-state index is 5.47. The Bertz CT molecular complexity index is 210. The van der Waals surface area contributed by atoms with Gasteiger partial charge < -0.3 is 9.64 Å². The number of rotatable bonds is 3. The average molecular weight is 226 g/mol. The van der Waals surface area contributed by atoms with E-state index >= 15 is 0 Å². The van der Waals surface area contributed by atoms with Crippen molar-refractivity contribution < 1.29 is 4.74 Å². The molecule has 2 heterocycles. The topological polar surface area (TPSA) is 15.7 Å². The van der Waals surface area contributed by atoms with E-state index in [2.05, 4.69) is 23.6 Å². The van der Waals surface area contributed by atoms with Crippen molar-refractivity contribution in [2.24, 2.45) is 5.92 Å². The van der Waals surface area contributed by atoms with Gasteiger partial charge in [0.1, 0.15) is 0 Å². The SMILES string of the molecule is CC1COCCN1CCN1CCC[C@@H](C)C1. The molecule has 2 saturated heterocycles. The van der Waals surface area contributed by atoms with Crippen molar-refractivity contribution in [2.45, 2.75) is 32.7 Å². The Labute approximate surface area is 99.7 Å². The van der Waals surface area contributed by atoms with Gasteiger partial charge in [0.15, 0.2) is 0 Å². The van der Waals surface area contributed by atoms with Crippen molar-refractivity contribution in [3.8, 4) is 0 Å². The molecule has 1 unspecified atom stereocenters. The number of nitrogens with zero attached hydrogens (tertiary/aromatic N) is 2. The molecule has 16 heavy (non-hydrogen) atoms. The number of hydrogen-bond donors (Lipinski definition) is 0. The third-order valence-electron chi connectivity index (χ3n) is 3.95. The fourth-order valence-corrected chi connectivity index (χ4v) is 2.85. The van der Waals surface area contributed by atoms with Crippen molar-refractivity contribution in [1.82, 2.24) is 9.80 Å². The molecule has 3 nitrogen and oxygen atoms in total. The van der Waals surface area contributed by atoms with Crippen LogP contribution in [0.4, 0.5) is 0 Å². The van der Waals surface area contributed by atoms with Gasteiger partial charge in [0.2, 0.25) is 0 Å². The van der Waals surface area contributed by atoms with Crippen LogP contribution in [0.15, 0.2) is 0 Å². The Kier molecular flexibility index (Phi) is 4.62. The average Bonchev–Trinajstić information content (AvgIpc) is 2.28. The Morgan fingerprint density at radius 1 is 1.19 bits per heavy atom. The van der Waals surface area contributed by atoms with Gasteiger partial charge in [-0.15, -0.1) is 0 Å². The quantitative estimate of drug-likeness (QED) is 0.724. The second-order valence-electron chi connectivity index (χ2n) is 5.51. The van der Waals surface area contributed by atoms with Crippen LogP contribution in [0.1, 0.15) is 26.7 Å². The van der Waals surface area contributed by atoms with Gasteiger partial charge in [0, 0.05) is 32.2 Å². The first-order chi connectivity index (χ1) is 7.75. The van der Waals surface area contributed by atoms with E-state index in [4.69, 9.17) is 4.74 Å². The van der Waals surface area contributed by atoms with Crippen LogP contribution in [-0.4, -0.2) is 61.8 Å². The van der Waals surface area contributed by atoms with E-state index in [1.165, 1.54) is 39.0 Å². The molecule has 0 amide bonds. The van der Waals surface area contributed by atoms with Gasteiger partial charge in [0.25, 0.3) is 0 Å². The molecule has 3 heteroatoms. The molecule has 0 aliphatic carbocycles. The van der Waals surface area contributed by atoms with Crippen LogP contribution in [0.3, 0.4) is 0 Å². The number of morpholine rings is 1. The number of likely N-dealkylation sites (tertiary alicyclic amines) is 1. The van der Waals surface area contributed by atoms with E-state index in [0.29, 0.717) is 6.04 Å². The maximum absolute atomic E-state index is 5.47. The summed E-state index contributed by atoms with van der Waals surface area (Å²) in [6.45, 7) is 12.7. The number of ether oxygens (including phenoxy) is 1. The zero-order valence-corrected chi connectivity index (χ0v) is 10.8. The summed E-state index contributed by atoms with van der Waals surface area (Å²) in [5.41, 5.74) is 0. The summed E-state index contributed by atoms with van der Waals surface area (Å²) in [5.74, 6) is 0.899. The Hall–Kier alpha value is -0.120. The lowest BCUT2D eigenvalue weighted by Crippen LogP contribution is -2.48. The van der Waals surface area contributed by atoms with E-state index in [1.54, 1.807) is 0 Å². The molecule has 94 valence electrons. The van der Waals surface area contributed by atoms with E-state index in [-0.39, 0.29) is 0 Å². The lowest BCUT2D eigenvalue weighted by molar-refractivity contribution is -0.00548. The zero-order valence-electron chi connectivity index (χ0n) is 10.8. The summed E-state index contributed by atoms with van der Waals surface area (Å²) in [6, 6.07) is 0.607. The predicted molar refractivity (Wildman–Crippen MR) is 66.7 cm³/mol. The first kappa shape index (κ1) is 12.3. The van der Waals surface area contributed by atoms with Crippen molar-refractivity contribution >= 4 is 0 Å². The molecule has 2 aliphatic rings. The van der Waals surface area contributed by atoms with Crippen LogP contribution in [-0.2, 0) is 4.74 Å². The van der Waals surface area contributed by atoms with Crippen molar-refractivity contribution in [1.29, 1.82) is 0 Å². The predicted octanol–water partition coefficient (Wildman–Crippen LogP) is 1.44. The van der Waals surface area contributed by atoms with Crippen LogP contribution in [0.2, 0.25) is 0 Å². The van der Waals surface area contributed by atoms with Crippen LogP contribution in [0.25, 0.3) is 0 Å². The molecule has 0 bridgehead atoms. The molecule has 2 atom stereocenters. The van der Waals surface area contributed by atoms with Gasteiger partial charge in [-0.1, -0.05) is 6.92 Å². The molecule has 0 saturated carbocycles. The largest absolute Gasteiger partial charge is 0.379 e. The van der Waals surface area contributed by atoms with Gasteiger partial charge in [-0.3, -0.25) is 4.90 Å². The fourth-order valence-electron chi connectivity index (χ4n) is 2.85. The maximum Gasteiger partial charge on any atom is 0.0619 e. The van der Waals surface area contributed by atoms with Gasteiger partial charge >= 0.3 is 0 Å². The molecule has 2 aliphatic heterocycles. The summed E-state index contributed by atoms with van der Waals surface area (Å²) in [4.78, 5) is 5.21. The van der Waals surface area contributed by atoms with Crippen LogP contribution >= 0.6 is 0 Å². The zero-order chi connectivity index (χ0) is 11.4. The molecule has 0 aromatic carbocycles. The first-order valence-corrected chi connectivity index (χ1v) is 6.80. The molecule has 0 spiro atoms. The first-order valence-electron chi connectivity index (χ1n) is 6.80. The lowest BCUT2D eigenvalue weighted by atomic mass is 10.0. The van der Waals surface area contributed by atoms with Crippen molar-refractivity contribution in [2.75, 3.05) is 45.9 Å². The lowest BCUT2D eigenvalue weighted by Gasteiger charge is -2.36. The highest BCUT2D eigenvalue weighted by atomic mass is 16.5. The smallest absolute Gasteiger partial charge is 0.0619 e. The Balaban J connectivity index is 1.69. The normalized spacial score (nSPS) is 34.1. The molecule has 0 aromatic heterocycles. The third-order valence-corrected chi connectivity index (χ3v) is 3.95. The summed E-state index contributed by atoms with van der Waals surface area (Å²) in [5, 5.41) is 0. The second kappa shape index (κ2) is 5.99. The van der Waals surface area contributed by atoms with Gasteiger partial charge in [-0.05, 0) is 32.2 Å². The van der Waals surface area contributed by atoms with Crippen LogP contribution < -0.4 is 0 Å². The molecule has 0 radical (unpaired) electrons. The minimum Gasteiger partial charge on any atom is -0.379 e. The molecule has 0 aromatic rings. The van der Waals surface area contributed by atoms with Crippen LogP contribution in [0, 0.1) is 5.92 Å². The second-order valence-corrected chi connectivity index (χ2v) is 5.51. The monoisotopic (exact) mass is 226 g/mol. The summed E-state index contributed by atoms with van der Waals surface area (Å²) < 4.78 is 5.47. The highest BCUT2D eigenvalue weighted by Gasteiger charge is 2.21. The van der Waals surface area contributed by atoms with E-state index in [1.807, 2.05) is 0 Å². The minimum absolute atomic E-state index is 0.607. The van der Waals surface area contributed by atoms with Gasteiger partial charge in [-0.25, -0.2) is 0 Å². The fraction of sp³-hybridized carbons (Fsp3) is 1.00. The summed E-state index contributed by atoms with van der Waals surface area (Å²) >= 11 is 0. The molecule has 2 fully saturated rings. The Morgan fingerprint density at radius 2 is 2.06 bits per heavy atom. The molecular weight excluding hydrogens is 200 g/mol. The molecular formula is C13H26N2O. The molecule has 2 rings (SSSR count). The van der Waals surface area contributed by atoms with E-state index < -0.39 is 0 Å². The van der Waals surface area contributed by atoms with Gasteiger partial charge in [0.05, 0.1) is 13.2 Å². The van der Waals surface area contributed by atoms with Crippen molar-refractivity contribution in [3.05, 3.63) is 0 Å². The highest BCUT2D eigenvalue weighted by molar-refractivity contribution is 4.75. The van der Waals surface area contributed by atoms with E-state index in [9.17, 15) is 0 Å². The van der Waals surface area contributed by atoms with E-state index in [0.717, 1.165) is 25.7 Å². The highest BCUT2D eigenvalue weighted by Crippen LogP contribution is 2.15. The summed E-state index contributed by atoms with van der Waals surface area (Å²) in [7, 11) is 0. The van der Waals surface area contributed by atoms with Crippen LogP contribution in [0.5, 0.6) is 0 Å². The third kappa shape index (κ3) is 3.44. The number of hydrogen-bond acceptors (Lipinski definition) is 3. The molecule has 0 N–H and O–H groups in total. The summed E-state index contributed by atoms with van der Waals surface area (Å²) in [6.07, 6.45) is 2.81. The number of piperidine rings is 1. The standard InChI is InChI=1S/C13H26N2O/c1-12-4-3-5-14(10-12)6-7-15-8-9-16-11-13(15)2/h12-13H,3-11H2,1-2H3/t12-,13?/m1/s1. The Morgan fingerprint density at radius 3 is 2.81 bits per heavy atom.